The van der Waals surface area contributed by atoms with E-state index < -0.39 is 11.9 Å². The molecule has 1 aromatic rings. The molecule has 5 nitrogen and oxygen atoms in total. The summed E-state index contributed by atoms with van der Waals surface area (Å²) >= 11 is 5.71. The number of benzene rings is 1. The molecule has 1 heterocycles. The number of hydrogen-bond acceptors (Lipinski definition) is 4. The lowest BCUT2D eigenvalue weighted by Gasteiger charge is -2.35. The Labute approximate surface area is 140 Å². The molecule has 7 heteroatoms. The highest BCUT2D eigenvalue weighted by atomic mass is 35.5. The maximum atomic E-state index is 13.8. The van der Waals surface area contributed by atoms with Crippen LogP contribution in [0, 0.1) is 5.82 Å². The van der Waals surface area contributed by atoms with Crippen molar-refractivity contribution in [3.63, 3.8) is 0 Å². The van der Waals surface area contributed by atoms with Gasteiger partial charge >= 0.3 is 0 Å². The minimum Gasteiger partial charge on any atom is -0.389 e. The average Bonchev–Trinajstić information content (AvgIpc) is 2.53. The van der Waals surface area contributed by atoms with Crippen LogP contribution in [0.15, 0.2) is 18.2 Å². The lowest BCUT2D eigenvalue weighted by Crippen LogP contribution is -2.51. The molecule has 128 valence electrons. The standard InChI is InChI=1S/C16H22ClFN2O3/c1-2-23-11-13(21)10-19-5-7-20(8-6-19)16(22)14-4-3-12(17)9-15(14)18/h3-4,9,13,21H,2,5-8,10-11H2,1H3/t13-/m0/s1. The predicted octanol–water partition coefficient (Wildman–Crippen LogP) is 1.63. The second kappa shape index (κ2) is 8.59. The van der Waals surface area contributed by atoms with E-state index in [0.717, 1.165) is 6.07 Å². The van der Waals surface area contributed by atoms with Gasteiger partial charge in [-0.3, -0.25) is 9.69 Å². The van der Waals surface area contributed by atoms with E-state index in [1.807, 2.05) is 6.92 Å². The summed E-state index contributed by atoms with van der Waals surface area (Å²) in [4.78, 5) is 16.1. The Morgan fingerprint density at radius 1 is 1.39 bits per heavy atom. The zero-order chi connectivity index (χ0) is 16.8. The minimum absolute atomic E-state index is 0.0410. The lowest BCUT2D eigenvalue weighted by atomic mass is 10.1. The number of piperazine rings is 1. The second-order valence-corrected chi connectivity index (χ2v) is 5.97. The molecule has 23 heavy (non-hydrogen) atoms. The van der Waals surface area contributed by atoms with E-state index in [0.29, 0.717) is 45.9 Å². The van der Waals surface area contributed by atoms with Crippen molar-refractivity contribution in [1.82, 2.24) is 9.80 Å². The van der Waals surface area contributed by atoms with Crippen LogP contribution in [0.1, 0.15) is 17.3 Å². The number of carbonyl (C=O) groups excluding carboxylic acids is 1. The molecule has 1 atom stereocenters. The lowest BCUT2D eigenvalue weighted by molar-refractivity contribution is 0.0111. The molecule has 0 aromatic heterocycles. The van der Waals surface area contributed by atoms with Gasteiger partial charge in [0.15, 0.2) is 0 Å². The van der Waals surface area contributed by atoms with E-state index in [2.05, 4.69) is 4.90 Å². The summed E-state index contributed by atoms with van der Waals surface area (Å²) in [6.07, 6.45) is -0.536. The fourth-order valence-electron chi connectivity index (χ4n) is 2.57. The molecule has 0 saturated carbocycles. The van der Waals surface area contributed by atoms with Gasteiger partial charge in [0.2, 0.25) is 0 Å². The fraction of sp³-hybridized carbons (Fsp3) is 0.562. The summed E-state index contributed by atoms with van der Waals surface area (Å²) in [5, 5.41) is 10.1. The van der Waals surface area contributed by atoms with Crippen LogP contribution in [0.3, 0.4) is 0 Å². The molecule has 0 radical (unpaired) electrons. The van der Waals surface area contributed by atoms with Crippen molar-refractivity contribution < 1.29 is 19.0 Å². The molecule has 0 spiro atoms. The number of amides is 1. The number of hydrogen-bond donors (Lipinski definition) is 1. The highest BCUT2D eigenvalue weighted by Crippen LogP contribution is 2.17. The number of aliphatic hydroxyl groups is 1. The van der Waals surface area contributed by atoms with Crippen molar-refractivity contribution >= 4 is 17.5 Å². The van der Waals surface area contributed by atoms with Crippen molar-refractivity contribution in [2.75, 3.05) is 45.9 Å². The number of aliphatic hydroxyl groups excluding tert-OH is 1. The molecular formula is C16H22ClFN2O3. The third-order valence-corrected chi connectivity index (χ3v) is 4.04. The van der Waals surface area contributed by atoms with Crippen LogP contribution >= 0.6 is 11.6 Å². The van der Waals surface area contributed by atoms with Crippen LogP contribution in [0.5, 0.6) is 0 Å². The minimum atomic E-state index is -0.600. The Bertz CT molecular complexity index is 536. The first kappa shape index (κ1) is 18.1. The van der Waals surface area contributed by atoms with E-state index >= 15 is 0 Å². The number of β-amino-alcohol motifs (C(OH)–C–C–N with tert-alkyl or cyclic N) is 1. The van der Waals surface area contributed by atoms with E-state index in [1.165, 1.54) is 12.1 Å². The Kier molecular flexibility index (Phi) is 6.77. The maximum absolute atomic E-state index is 13.8. The molecular weight excluding hydrogens is 323 g/mol. The van der Waals surface area contributed by atoms with Crippen LogP contribution < -0.4 is 0 Å². The van der Waals surface area contributed by atoms with Crippen molar-refractivity contribution in [2.24, 2.45) is 0 Å². The van der Waals surface area contributed by atoms with Crippen LogP contribution in [0.25, 0.3) is 0 Å². The monoisotopic (exact) mass is 344 g/mol. The van der Waals surface area contributed by atoms with Gasteiger partial charge in [0, 0.05) is 44.4 Å². The Morgan fingerprint density at radius 2 is 2.09 bits per heavy atom. The first-order valence-electron chi connectivity index (χ1n) is 7.73. The summed E-state index contributed by atoms with van der Waals surface area (Å²) in [6.45, 7) is 5.57. The zero-order valence-electron chi connectivity index (χ0n) is 13.2. The maximum Gasteiger partial charge on any atom is 0.256 e. The average molecular weight is 345 g/mol. The fourth-order valence-corrected chi connectivity index (χ4v) is 2.73. The molecule has 0 bridgehead atoms. The van der Waals surface area contributed by atoms with Gasteiger partial charge in [-0.1, -0.05) is 11.6 Å². The molecule has 1 amide bonds. The molecule has 1 aromatic carbocycles. The van der Waals surface area contributed by atoms with Crippen molar-refractivity contribution in [3.8, 4) is 0 Å². The smallest absolute Gasteiger partial charge is 0.256 e. The van der Waals surface area contributed by atoms with Gasteiger partial charge in [0.25, 0.3) is 5.91 Å². The number of nitrogens with zero attached hydrogens (tertiary/aromatic N) is 2. The van der Waals surface area contributed by atoms with Gasteiger partial charge in [-0.25, -0.2) is 4.39 Å². The summed E-state index contributed by atoms with van der Waals surface area (Å²) in [5.41, 5.74) is 0.0410. The quantitative estimate of drug-likeness (QED) is 0.852. The molecule has 0 unspecified atom stereocenters. The topological polar surface area (TPSA) is 53.0 Å². The number of halogens is 2. The summed E-state index contributed by atoms with van der Waals surface area (Å²) < 4.78 is 19.0. The number of rotatable bonds is 6. The third-order valence-electron chi connectivity index (χ3n) is 3.80. The van der Waals surface area contributed by atoms with Gasteiger partial charge in [-0.2, -0.15) is 0 Å². The van der Waals surface area contributed by atoms with Crippen LogP contribution in [-0.4, -0.2) is 72.9 Å². The first-order chi connectivity index (χ1) is 11.0. The van der Waals surface area contributed by atoms with Crippen molar-refractivity contribution in [3.05, 3.63) is 34.6 Å². The van der Waals surface area contributed by atoms with Crippen LogP contribution in [0.4, 0.5) is 4.39 Å². The molecule has 1 aliphatic heterocycles. The van der Waals surface area contributed by atoms with E-state index in [-0.39, 0.29) is 16.5 Å². The SMILES string of the molecule is CCOC[C@@H](O)CN1CCN(C(=O)c2ccc(Cl)cc2F)CC1. The van der Waals surface area contributed by atoms with Gasteiger partial charge in [-0.15, -0.1) is 0 Å². The van der Waals surface area contributed by atoms with Crippen LogP contribution in [0.2, 0.25) is 5.02 Å². The Hall–Kier alpha value is -1.21. The summed E-state index contributed by atoms with van der Waals surface area (Å²) in [5.74, 6) is -0.925. The molecule has 0 aliphatic carbocycles. The number of carbonyl (C=O) groups is 1. The molecule has 1 fully saturated rings. The molecule has 2 rings (SSSR count). The largest absolute Gasteiger partial charge is 0.389 e. The third kappa shape index (κ3) is 5.14. The van der Waals surface area contributed by atoms with Gasteiger partial charge in [0.05, 0.1) is 18.3 Å². The van der Waals surface area contributed by atoms with Gasteiger partial charge in [-0.05, 0) is 25.1 Å². The Morgan fingerprint density at radius 3 is 2.70 bits per heavy atom. The summed E-state index contributed by atoms with van der Waals surface area (Å²) in [7, 11) is 0. The van der Waals surface area contributed by atoms with Crippen molar-refractivity contribution in [2.45, 2.75) is 13.0 Å². The van der Waals surface area contributed by atoms with E-state index in [1.54, 1.807) is 4.90 Å². The first-order valence-corrected chi connectivity index (χ1v) is 8.11. The normalized spacial score (nSPS) is 17.3. The molecule has 1 saturated heterocycles. The highest BCUT2D eigenvalue weighted by Gasteiger charge is 2.25. The van der Waals surface area contributed by atoms with Gasteiger partial charge < -0.3 is 14.7 Å². The van der Waals surface area contributed by atoms with E-state index in [4.69, 9.17) is 16.3 Å². The molecule has 1 N–H and O–H groups in total. The van der Waals surface area contributed by atoms with Crippen LogP contribution in [-0.2, 0) is 4.74 Å². The highest BCUT2D eigenvalue weighted by molar-refractivity contribution is 6.30. The Balaban J connectivity index is 1.85. The second-order valence-electron chi connectivity index (χ2n) is 5.53. The zero-order valence-corrected chi connectivity index (χ0v) is 13.9. The van der Waals surface area contributed by atoms with Gasteiger partial charge in [0.1, 0.15) is 5.82 Å². The summed E-state index contributed by atoms with van der Waals surface area (Å²) in [6, 6.07) is 4.07. The predicted molar refractivity (Wildman–Crippen MR) is 86.3 cm³/mol. The molecule has 1 aliphatic rings. The van der Waals surface area contributed by atoms with E-state index in [9.17, 15) is 14.3 Å². The number of ether oxygens (including phenoxy) is 1. The van der Waals surface area contributed by atoms with Crippen molar-refractivity contribution in [1.29, 1.82) is 0 Å².